The third-order valence-corrected chi connectivity index (χ3v) is 11.1. The molecule has 1 aromatic carbocycles. The lowest BCUT2D eigenvalue weighted by Gasteiger charge is -2.64. The van der Waals surface area contributed by atoms with Crippen molar-refractivity contribution in [3.05, 3.63) is 48.3 Å². The second-order valence-corrected chi connectivity index (χ2v) is 14.2. The molecule has 2 unspecified atom stereocenters. The number of nitrogen functional groups attached to an aromatic ring is 1. The lowest BCUT2D eigenvalue weighted by Crippen LogP contribution is -2.65. The molecule has 1 aromatic heterocycles. The highest BCUT2D eigenvalue weighted by atomic mass is 16.7. The van der Waals surface area contributed by atoms with Gasteiger partial charge in [0, 0.05) is 38.8 Å². The summed E-state index contributed by atoms with van der Waals surface area (Å²) < 4.78 is 15.3. The quantitative estimate of drug-likeness (QED) is 0.329. The van der Waals surface area contributed by atoms with Crippen molar-refractivity contribution in [3.63, 3.8) is 0 Å². The zero-order chi connectivity index (χ0) is 31.9. The van der Waals surface area contributed by atoms with Gasteiger partial charge in [-0.05, 0) is 68.3 Å². The Bertz CT molecular complexity index is 1400. The fraction of sp³-hybridized carbons (Fsp3) is 0.636. The van der Waals surface area contributed by atoms with Gasteiger partial charge in [-0.3, -0.25) is 14.4 Å². The third kappa shape index (κ3) is 6.11. The fourth-order valence-electron chi connectivity index (χ4n) is 8.44. The number of carbonyl (C=O) groups is 3. The topological polar surface area (TPSA) is 141 Å². The summed E-state index contributed by atoms with van der Waals surface area (Å²) in [6.45, 7) is 9.35. The largest absolute Gasteiger partial charge is 0.481 e. The highest BCUT2D eigenvalue weighted by molar-refractivity contribution is 6.47. The molecule has 4 N–H and O–H groups in total. The Morgan fingerprint density at radius 2 is 1.93 bits per heavy atom. The first kappa shape index (κ1) is 31.6. The number of aromatic nitrogens is 2. The van der Waals surface area contributed by atoms with E-state index in [1.165, 1.54) is 6.92 Å². The fourth-order valence-corrected chi connectivity index (χ4v) is 8.44. The van der Waals surface area contributed by atoms with Crippen LogP contribution in [-0.2, 0) is 36.7 Å². The molecular formula is C33H47BN6O5. The molecule has 242 valence electrons. The van der Waals surface area contributed by atoms with E-state index in [1.54, 1.807) is 11.1 Å². The standard InChI is InChI=1S/C33H47BN6O5/c1-21(41)37-24(18-22-10-6-5-7-11-22)30(43)40-16-8-12-25(40)29(42)38-28(13-9-15-39-17-14-36-31(39)35)34-44-27-20-23-19-26(32(23,2)3)33(27,4)45-34/h5-7,10-11,14,17,23-28H,8-9,12-13,15-16,18-20H2,1-4H3,(H2,35,36)(H,37,41)(H,38,42)/t23?,24-,25+,26?,27-,28+,33+/m1/s1. The molecule has 5 fully saturated rings. The lowest BCUT2D eigenvalue weighted by atomic mass is 9.43. The summed E-state index contributed by atoms with van der Waals surface area (Å²) >= 11 is 0. The van der Waals surface area contributed by atoms with Crippen molar-refractivity contribution in [2.24, 2.45) is 17.3 Å². The van der Waals surface area contributed by atoms with Gasteiger partial charge in [-0.2, -0.15) is 0 Å². The van der Waals surface area contributed by atoms with Gasteiger partial charge in [0.1, 0.15) is 12.1 Å². The summed E-state index contributed by atoms with van der Waals surface area (Å²) in [4.78, 5) is 45.7. The van der Waals surface area contributed by atoms with Crippen molar-refractivity contribution in [2.75, 3.05) is 12.3 Å². The van der Waals surface area contributed by atoms with Crippen molar-refractivity contribution in [1.29, 1.82) is 0 Å². The minimum atomic E-state index is -0.755. The van der Waals surface area contributed by atoms with E-state index in [4.69, 9.17) is 15.0 Å². The Balaban J connectivity index is 1.17. The van der Waals surface area contributed by atoms with Crippen LogP contribution in [-0.4, -0.2) is 75.6 Å². The molecule has 12 heteroatoms. The number of nitrogens with one attached hydrogen (secondary N) is 2. The average Bonchev–Trinajstić information content (AvgIpc) is 3.74. The molecule has 2 saturated heterocycles. The van der Waals surface area contributed by atoms with Crippen molar-refractivity contribution in [2.45, 2.75) is 109 Å². The molecule has 0 spiro atoms. The van der Waals surface area contributed by atoms with E-state index in [0.717, 1.165) is 24.8 Å². The van der Waals surface area contributed by atoms with E-state index in [0.29, 0.717) is 56.6 Å². The van der Waals surface area contributed by atoms with Crippen LogP contribution in [0.1, 0.15) is 71.8 Å². The minimum Gasteiger partial charge on any atom is -0.404 e. The summed E-state index contributed by atoms with van der Waals surface area (Å²) in [6, 6.07) is 8.21. The molecule has 45 heavy (non-hydrogen) atoms. The van der Waals surface area contributed by atoms with Gasteiger partial charge < -0.3 is 35.1 Å². The third-order valence-electron chi connectivity index (χ3n) is 11.1. The SMILES string of the molecule is CC(=O)N[C@H](Cc1ccccc1)C(=O)N1CCC[C@H]1C(=O)N[C@@H](CCCn1ccnc1N)B1O[C@@H]2CC3CC(C3(C)C)[C@]2(C)O1. The normalized spacial score (nSPS) is 29.4. The number of likely N-dealkylation sites (tertiary alicyclic amines) is 1. The van der Waals surface area contributed by atoms with Crippen molar-refractivity contribution in [3.8, 4) is 0 Å². The van der Waals surface area contributed by atoms with Gasteiger partial charge >= 0.3 is 7.12 Å². The summed E-state index contributed by atoms with van der Waals surface area (Å²) in [6.07, 6.45) is 8.56. The number of hydrogen-bond donors (Lipinski definition) is 3. The Morgan fingerprint density at radius 1 is 1.16 bits per heavy atom. The number of benzene rings is 1. The van der Waals surface area contributed by atoms with E-state index >= 15 is 0 Å². The van der Waals surface area contributed by atoms with E-state index in [9.17, 15) is 14.4 Å². The summed E-state index contributed by atoms with van der Waals surface area (Å²) in [7, 11) is -0.588. The lowest BCUT2D eigenvalue weighted by molar-refractivity contribution is -0.199. The second kappa shape index (κ2) is 12.4. The first-order valence-electron chi connectivity index (χ1n) is 16.5. The number of nitrogens with zero attached hydrogens (tertiary/aromatic N) is 3. The van der Waals surface area contributed by atoms with Gasteiger partial charge in [-0.1, -0.05) is 44.2 Å². The van der Waals surface area contributed by atoms with Crippen LogP contribution < -0.4 is 16.4 Å². The molecule has 3 aliphatic carbocycles. The molecule has 2 bridgehead atoms. The predicted molar refractivity (Wildman–Crippen MR) is 170 cm³/mol. The molecule has 3 amide bonds. The highest BCUT2D eigenvalue weighted by Crippen LogP contribution is 2.65. The van der Waals surface area contributed by atoms with Crippen molar-refractivity contribution >= 4 is 30.8 Å². The number of nitrogens with two attached hydrogens (primary N) is 1. The first-order valence-corrected chi connectivity index (χ1v) is 16.5. The maximum Gasteiger partial charge on any atom is 0.481 e. The van der Waals surface area contributed by atoms with E-state index < -0.39 is 30.7 Å². The summed E-state index contributed by atoms with van der Waals surface area (Å²) in [5.74, 6) is 0.324. The van der Waals surface area contributed by atoms with Crippen LogP contribution >= 0.6 is 0 Å². The maximum absolute atomic E-state index is 14.0. The number of aryl methyl sites for hydroxylation is 1. The van der Waals surface area contributed by atoms with Crippen molar-refractivity contribution in [1.82, 2.24) is 25.1 Å². The molecule has 7 atom stereocenters. The molecule has 2 aliphatic heterocycles. The average molecular weight is 619 g/mol. The van der Waals surface area contributed by atoms with Crippen molar-refractivity contribution < 1.29 is 23.7 Å². The predicted octanol–water partition coefficient (Wildman–Crippen LogP) is 2.74. The maximum atomic E-state index is 14.0. The van der Waals surface area contributed by atoms with Gasteiger partial charge in [0.2, 0.25) is 17.7 Å². The molecule has 3 saturated carbocycles. The number of carbonyl (C=O) groups excluding carboxylic acids is 3. The summed E-state index contributed by atoms with van der Waals surface area (Å²) in [5, 5.41) is 6.08. The van der Waals surface area contributed by atoms with Gasteiger partial charge in [0.15, 0.2) is 5.95 Å². The Labute approximate surface area is 266 Å². The van der Waals surface area contributed by atoms with Gasteiger partial charge in [-0.15, -0.1) is 0 Å². The van der Waals surface area contributed by atoms with Crippen LogP contribution in [0.25, 0.3) is 0 Å². The van der Waals surface area contributed by atoms with Gasteiger partial charge in [-0.25, -0.2) is 4.98 Å². The zero-order valence-corrected chi connectivity index (χ0v) is 26.9. The minimum absolute atomic E-state index is 0.0103. The highest BCUT2D eigenvalue weighted by Gasteiger charge is 2.68. The van der Waals surface area contributed by atoms with Crippen LogP contribution in [0.5, 0.6) is 0 Å². The monoisotopic (exact) mass is 618 g/mol. The number of amides is 3. The smallest absolute Gasteiger partial charge is 0.404 e. The zero-order valence-electron chi connectivity index (χ0n) is 26.9. The summed E-state index contributed by atoms with van der Waals surface area (Å²) in [5.41, 5.74) is 6.74. The molecular weight excluding hydrogens is 571 g/mol. The Kier molecular flexibility index (Phi) is 8.73. The molecule has 5 aliphatic rings. The number of anilines is 1. The number of rotatable bonds is 11. The van der Waals surface area contributed by atoms with E-state index in [1.807, 2.05) is 41.1 Å². The molecule has 3 heterocycles. The second-order valence-electron chi connectivity index (χ2n) is 14.2. The van der Waals surface area contributed by atoms with Gasteiger partial charge in [0.05, 0.1) is 17.6 Å². The van der Waals surface area contributed by atoms with Crippen LogP contribution in [0.3, 0.4) is 0 Å². The molecule has 7 rings (SSSR count). The van der Waals surface area contributed by atoms with Crippen LogP contribution in [0.15, 0.2) is 42.7 Å². The van der Waals surface area contributed by atoms with Crippen LogP contribution in [0.2, 0.25) is 0 Å². The number of hydrogen-bond acceptors (Lipinski definition) is 7. The van der Waals surface area contributed by atoms with Gasteiger partial charge in [0.25, 0.3) is 0 Å². The van der Waals surface area contributed by atoms with E-state index in [-0.39, 0.29) is 29.2 Å². The molecule has 11 nitrogen and oxygen atoms in total. The van der Waals surface area contributed by atoms with Crippen LogP contribution in [0.4, 0.5) is 5.95 Å². The number of imidazole rings is 1. The Morgan fingerprint density at radius 3 is 2.62 bits per heavy atom. The molecule has 0 radical (unpaired) electrons. The molecule has 2 aromatic rings. The Hall–Kier alpha value is -3.38. The first-order chi connectivity index (χ1) is 21.5. The van der Waals surface area contributed by atoms with E-state index in [2.05, 4.69) is 36.4 Å². The van der Waals surface area contributed by atoms with Crippen LogP contribution in [0, 0.1) is 17.3 Å².